The van der Waals surface area contributed by atoms with E-state index in [1.807, 2.05) is 53.9 Å². The fraction of sp³-hybridized carbons (Fsp3) is 0.200. The van der Waals surface area contributed by atoms with Crippen LogP contribution in [0, 0.1) is 5.92 Å². The fourth-order valence-electron chi connectivity index (χ4n) is 1.94. The number of benzene rings is 1. The van der Waals surface area contributed by atoms with Gasteiger partial charge < -0.3 is 4.90 Å². The van der Waals surface area contributed by atoms with Crippen LogP contribution in [0.1, 0.15) is 5.56 Å². The maximum Gasteiger partial charge on any atom is 0.328 e. The highest BCUT2D eigenvalue weighted by molar-refractivity contribution is 6.28. The van der Waals surface area contributed by atoms with Crippen molar-refractivity contribution < 1.29 is 19.2 Å². The molecule has 22 heavy (non-hydrogen) atoms. The van der Waals surface area contributed by atoms with E-state index in [9.17, 15) is 19.2 Å². The van der Waals surface area contributed by atoms with Gasteiger partial charge in [-0.05, 0) is 23.8 Å². The highest BCUT2D eigenvalue weighted by Gasteiger charge is 2.38. The Hall–Kier alpha value is -2.96. The molecular weight excluding hydrogens is 286 g/mol. The first-order valence-electron chi connectivity index (χ1n) is 6.53. The van der Waals surface area contributed by atoms with Gasteiger partial charge in [0.05, 0.1) is 0 Å². The summed E-state index contributed by atoms with van der Waals surface area (Å²) in [7, 11) is 3.83. The minimum absolute atomic E-state index is 0.681. The van der Waals surface area contributed by atoms with Gasteiger partial charge in [-0.3, -0.25) is 25.0 Å². The van der Waals surface area contributed by atoms with E-state index in [1.54, 1.807) is 0 Å². The van der Waals surface area contributed by atoms with Gasteiger partial charge in [0.2, 0.25) is 11.8 Å². The molecule has 1 fully saturated rings. The molecule has 0 radical (unpaired) electrons. The predicted octanol–water partition coefficient (Wildman–Crippen LogP) is 0.317. The minimum atomic E-state index is -1.53. The molecule has 7 heteroatoms. The van der Waals surface area contributed by atoms with Gasteiger partial charge in [-0.1, -0.05) is 18.2 Å². The number of carbonyl (C=O) groups is 4. The molecule has 1 saturated heterocycles. The van der Waals surface area contributed by atoms with Gasteiger partial charge in [0.1, 0.15) is 0 Å². The highest BCUT2D eigenvalue weighted by atomic mass is 16.2. The van der Waals surface area contributed by atoms with Crippen LogP contribution in [0.25, 0.3) is 6.08 Å². The number of carbonyl (C=O) groups excluding carboxylic acids is 4. The molecule has 0 unspecified atom stereocenters. The first kappa shape index (κ1) is 15.4. The summed E-state index contributed by atoms with van der Waals surface area (Å²) in [6.07, 6.45) is 2.67. The van der Waals surface area contributed by atoms with Gasteiger partial charge in [-0.2, -0.15) is 0 Å². The SMILES string of the molecule is CN(C)c1ccc(/C=C/C(=O)C2C(=O)NC(=O)NC2=O)cc1. The van der Waals surface area contributed by atoms with Crippen LogP contribution in [-0.4, -0.2) is 37.7 Å². The number of barbiturate groups is 1. The summed E-state index contributed by atoms with van der Waals surface area (Å²) >= 11 is 0. The average Bonchev–Trinajstić information content (AvgIpc) is 2.44. The number of imide groups is 2. The molecule has 0 saturated carbocycles. The van der Waals surface area contributed by atoms with Crippen molar-refractivity contribution in [2.75, 3.05) is 19.0 Å². The molecule has 1 aliphatic heterocycles. The van der Waals surface area contributed by atoms with Crippen molar-refractivity contribution in [3.05, 3.63) is 35.9 Å². The highest BCUT2D eigenvalue weighted by Crippen LogP contribution is 2.14. The van der Waals surface area contributed by atoms with Crippen LogP contribution in [0.3, 0.4) is 0 Å². The molecule has 0 aliphatic carbocycles. The molecule has 0 spiro atoms. The van der Waals surface area contributed by atoms with E-state index in [2.05, 4.69) is 0 Å². The van der Waals surface area contributed by atoms with Gasteiger partial charge in [0, 0.05) is 19.8 Å². The second-order valence-corrected chi connectivity index (χ2v) is 4.96. The average molecular weight is 301 g/mol. The second kappa shape index (κ2) is 6.21. The lowest BCUT2D eigenvalue weighted by molar-refractivity contribution is -0.140. The van der Waals surface area contributed by atoms with Gasteiger partial charge >= 0.3 is 6.03 Å². The number of hydrogen-bond donors (Lipinski definition) is 2. The van der Waals surface area contributed by atoms with Gasteiger partial charge in [-0.15, -0.1) is 0 Å². The molecule has 1 aliphatic rings. The van der Waals surface area contributed by atoms with Gasteiger partial charge in [-0.25, -0.2) is 4.79 Å². The largest absolute Gasteiger partial charge is 0.378 e. The normalized spacial score (nSPS) is 15.6. The number of nitrogens with one attached hydrogen (secondary N) is 2. The molecule has 7 nitrogen and oxygen atoms in total. The number of allylic oxidation sites excluding steroid dienone is 1. The zero-order valence-electron chi connectivity index (χ0n) is 12.1. The molecular formula is C15H15N3O4. The lowest BCUT2D eigenvalue weighted by Crippen LogP contribution is -2.57. The Balaban J connectivity index is 2.09. The molecule has 2 N–H and O–H groups in total. The summed E-state index contributed by atoms with van der Waals surface area (Å²) in [5.74, 6) is -4.04. The summed E-state index contributed by atoms with van der Waals surface area (Å²) in [6, 6.07) is 6.46. The molecule has 114 valence electrons. The first-order valence-corrected chi connectivity index (χ1v) is 6.53. The van der Waals surface area contributed by atoms with E-state index in [1.165, 1.54) is 6.08 Å². The quantitative estimate of drug-likeness (QED) is 0.617. The van der Waals surface area contributed by atoms with Crippen LogP contribution in [-0.2, 0) is 14.4 Å². The summed E-state index contributed by atoms with van der Waals surface area (Å²) in [4.78, 5) is 47.9. The van der Waals surface area contributed by atoms with Crippen molar-refractivity contribution >= 4 is 35.4 Å². The number of hydrogen-bond acceptors (Lipinski definition) is 5. The molecule has 1 aromatic rings. The summed E-state index contributed by atoms with van der Waals surface area (Å²) in [5, 5.41) is 3.78. The maximum absolute atomic E-state index is 11.9. The predicted molar refractivity (Wildman–Crippen MR) is 80.0 cm³/mol. The molecule has 1 aromatic carbocycles. The Kier molecular flexibility index (Phi) is 4.36. The lowest BCUT2D eigenvalue weighted by atomic mass is 9.99. The second-order valence-electron chi connectivity index (χ2n) is 4.96. The van der Waals surface area contributed by atoms with Gasteiger partial charge in [0.15, 0.2) is 11.7 Å². The van der Waals surface area contributed by atoms with Crippen molar-refractivity contribution in [1.82, 2.24) is 10.6 Å². The van der Waals surface area contributed by atoms with Crippen LogP contribution in [0.4, 0.5) is 10.5 Å². The van der Waals surface area contributed by atoms with Crippen LogP contribution in [0.2, 0.25) is 0 Å². The number of amides is 4. The molecule has 1 heterocycles. The van der Waals surface area contributed by atoms with E-state index in [4.69, 9.17) is 0 Å². The third kappa shape index (κ3) is 3.38. The Morgan fingerprint density at radius 2 is 1.59 bits per heavy atom. The topological polar surface area (TPSA) is 95.6 Å². The molecule has 4 amide bonds. The van der Waals surface area contributed by atoms with E-state index < -0.39 is 29.5 Å². The zero-order valence-corrected chi connectivity index (χ0v) is 12.1. The summed E-state index contributed by atoms with van der Waals surface area (Å²) < 4.78 is 0. The monoisotopic (exact) mass is 301 g/mol. The van der Waals surface area contributed by atoms with Crippen LogP contribution in [0.5, 0.6) is 0 Å². The van der Waals surface area contributed by atoms with Crippen LogP contribution >= 0.6 is 0 Å². The van der Waals surface area contributed by atoms with Crippen molar-refractivity contribution in [2.24, 2.45) is 5.92 Å². The van der Waals surface area contributed by atoms with E-state index in [-0.39, 0.29) is 0 Å². The Morgan fingerprint density at radius 3 is 2.09 bits per heavy atom. The lowest BCUT2D eigenvalue weighted by Gasteiger charge is -2.18. The molecule has 0 aromatic heterocycles. The molecule has 0 atom stereocenters. The van der Waals surface area contributed by atoms with Crippen molar-refractivity contribution in [3.63, 3.8) is 0 Å². The van der Waals surface area contributed by atoms with Crippen molar-refractivity contribution in [1.29, 1.82) is 0 Å². The zero-order chi connectivity index (χ0) is 16.3. The Bertz CT molecular complexity index is 642. The van der Waals surface area contributed by atoms with Crippen LogP contribution in [0.15, 0.2) is 30.3 Å². The van der Waals surface area contributed by atoms with Crippen molar-refractivity contribution in [2.45, 2.75) is 0 Å². The first-order chi connectivity index (χ1) is 10.4. The number of ketones is 1. The number of rotatable bonds is 4. The Labute approximate surface area is 127 Å². The standard InChI is InChI=1S/C15H15N3O4/c1-18(2)10-6-3-9(4-7-10)5-8-11(19)12-13(20)16-15(22)17-14(12)21/h3-8,12H,1-2H3,(H2,16,17,20,21,22)/b8-5+. The minimum Gasteiger partial charge on any atom is -0.378 e. The third-order valence-corrected chi connectivity index (χ3v) is 3.13. The van der Waals surface area contributed by atoms with Crippen molar-refractivity contribution in [3.8, 4) is 0 Å². The number of nitrogens with zero attached hydrogens (tertiary/aromatic N) is 1. The summed E-state index contributed by atoms with van der Waals surface area (Å²) in [6.45, 7) is 0. The number of urea groups is 1. The third-order valence-electron chi connectivity index (χ3n) is 3.13. The van der Waals surface area contributed by atoms with Gasteiger partial charge in [0.25, 0.3) is 0 Å². The molecule has 2 rings (SSSR count). The van der Waals surface area contributed by atoms with E-state index >= 15 is 0 Å². The van der Waals surface area contributed by atoms with E-state index in [0.29, 0.717) is 0 Å². The fourth-order valence-corrected chi connectivity index (χ4v) is 1.94. The maximum atomic E-state index is 11.9. The summed E-state index contributed by atoms with van der Waals surface area (Å²) in [5.41, 5.74) is 1.76. The Morgan fingerprint density at radius 1 is 1.05 bits per heavy atom. The molecule has 0 bridgehead atoms. The van der Waals surface area contributed by atoms with E-state index in [0.717, 1.165) is 17.3 Å². The van der Waals surface area contributed by atoms with Crippen LogP contribution < -0.4 is 15.5 Å². The smallest absolute Gasteiger partial charge is 0.328 e. The number of anilines is 1.